The molecule has 1 aromatic heterocycles. The van der Waals surface area contributed by atoms with Crippen molar-refractivity contribution in [3.05, 3.63) is 58.5 Å². The van der Waals surface area contributed by atoms with Crippen LogP contribution >= 0.6 is 15.9 Å². The number of nitrogens with one attached hydrogen (secondary N) is 1. The fraction of sp³-hybridized carbons (Fsp3) is 0.375. The minimum absolute atomic E-state index is 0.199. The van der Waals surface area contributed by atoms with Crippen LogP contribution in [-0.2, 0) is 11.3 Å². The van der Waals surface area contributed by atoms with Crippen LogP contribution in [0.3, 0.4) is 0 Å². The number of hydrogen-bond acceptors (Lipinski definition) is 3. The van der Waals surface area contributed by atoms with E-state index >= 15 is 0 Å². The molecular weight excluding hydrogens is 318 g/mol. The fourth-order valence-electron chi connectivity index (χ4n) is 2.66. The first-order chi connectivity index (χ1) is 9.83. The van der Waals surface area contributed by atoms with E-state index in [1.807, 2.05) is 24.5 Å². The summed E-state index contributed by atoms with van der Waals surface area (Å²) in [5.74, 6) is 0.422. The molecule has 1 N–H and O–H groups in total. The molecule has 0 amide bonds. The molecule has 1 aliphatic rings. The van der Waals surface area contributed by atoms with Gasteiger partial charge in [0.05, 0.1) is 25.2 Å². The van der Waals surface area contributed by atoms with E-state index in [1.165, 1.54) is 11.1 Å². The van der Waals surface area contributed by atoms with E-state index < -0.39 is 0 Å². The maximum Gasteiger partial charge on any atom is 0.0938 e. The van der Waals surface area contributed by atoms with Gasteiger partial charge in [-0.15, -0.1) is 0 Å². The van der Waals surface area contributed by atoms with Crippen LogP contribution < -0.4 is 5.32 Å². The molecule has 2 heterocycles. The van der Waals surface area contributed by atoms with Gasteiger partial charge < -0.3 is 14.5 Å². The van der Waals surface area contributed by atoms with Crippen molar-refractivity contribution >= 4 is 15.9 Å². The average molecular weight is 336 g/mol. The summed E-state index contributed by atoms with van der Waals surface area (Å²) in [4.78, 5) is 0. The van der Waals surface area contributed by atoms with E-state index in [9.17, 15) is 0 Å². The number of benzene rings is 1. The first-order valence-corrected chi connectivity index (χ1v) is 7.71. The van der Waals surface area contributed by atoms with Gasteiger partial charge in [-0.25, -0.2) is 0 Å². The third-order valence-corrected chi connectivity index (χ3v) is 4.30. The molecule has 106 valence electrons. The molecule has 3 nitrogen and oxygen atoms in total. The van der Waals surface area contributed by atoms with Gasteiger partial charge in [0, 0.05) is 16.9 Å². The number of hydrogen-bond donors (Lipinski definition) is 1. The smallest absolute Gasteiger partial charge is 0.0938 e. The van der Waals surface area contributed by atoms with Gasteiger partial charge in [-0.2, -0.15) is 0 Å². The first kappa shape index (κ1) is 13.9. The summed E-state index contributed by atoms with van der Waals surface area (Å²) < 4.78 is 12.4. The Kier molecular flexibility index (Phi) is 4.55. The molecule has 2 aromatic rings. The highest BCUT2D eigenvalue weighted by Crippen LogP contribution is 2.28. The predicted octanol–water partition coefficient (Wildman–Crippen LogP) is 3.70. The van der Waals surface area contributed by atoms with Gasteiger partial charge in [0.1, 0.15) is 0 Å². The van der Waals surface area contributed by atoms with Crippen molar-refractivity contribution in [2.24, 2.45) is 0 Å². The van der Waals surface area contributed by atoms with E-state index in [0.717, 1.165) is 24.0 Å². The van der Waals surface area contributed by atoms with Gasteiger partial charge in [0.25, 0.3) is 0 Å². The van der Waals surface area contributed by atoms with Crippen molar-refractivity contribution in [2.75, 3.05) is 13.1 Å². The van der Waals surface area contributed by atoms with Crippen LogP contribution in [0.15, 0.2) is 51.7 Å². The summed E-state index contributed by atoms with van der Waals surface area (Å²) in [5, 5.41) is 3.41. The van der Waals surface area contributed by atoms with E-state index in [2.05, 4.69) is 33.4 Å². The molecule has 3 rings (SSSR count). The standard InChI is InChI=1S/C16H18BrNO2/c17-14-3-1-12(2-4-14)10-20-16-9-18-7-5-15(16)13-6-8-19-11-13/h1-4,6,8,11,15-16,18H,5,7,9-10H2. The second-order valence-electron chi connectivity index (χ2n) is 5.13. The van der Waals surface area contributed by atoms with Crippen LogP contribution in [0, 0.1) is 0 Å². The van der Waals surface area contributed by atoms with Gasteiger partial charge in [-0.05, 0) is 42.3 Å². The molecule has 0 aliphatic carbocycles. The molecule has 1 aromatic carbocycles. The SMILES string of the molecule is Brc1ccc(COC2CNCCC2c2ccoc2)cc1. The van der Waals surface area contributed by atoms with Gasteiger partial charge in [0.15, 0.2) is 0 Å². The Balaban J connectivity index is 1.64. The van der Waals surface area contributed by atoms with Crippen molar-refractivity contribution < 1.29 is 9.15 Å². The Bertz CT molecular complexity index is 524. The largest absolute Gasteiger partial charge is 0.472 e. The van der Waals surface area contributed by atoms with Gasteiger partial charge in [-0.3, -0.25) is 0 Å². The Morgan fingerprint density at radius 2 is 2.10 bits per heavy atom. The number of ether oxygens (including phenoxy) is 1. The summed E-state index contributed by atoms with van der Waals surface area (Å²) >= 11 is 3.45. The lowest BCUT2D eigenvalue weighted by molar-refractivity contribution is 0.0105. The lowest BCUT2D eigenvalue weighted by Crippen LogP contribution is -2.40. The van der Waals surface area contributed by atoms with Gasteiger partial charge in [0.2, 0.25) is 0 Å². The quantitative estimate of drug-likeness (QED) is 0.924. The van der Waals surface area contributed by atoms with Crippen LogP contribution in [0.5, 0.6) is 0 Å². The van der Waals surface area contributed by atoms with E-state index in [0.29, 0.717) is 12.5 Å². The van der Waals surface area contributed by atoms with Crippen LogP contribution in [0.1, 0.15) is 23.5 Å². The molecular formula is C16H18BrNO2. The molecule has 4 heteroatoms. The number of halogens is 1. The molecule has 1 aliphatic heterocycles. The average Bonchev–Trinajstić information content (AvgIpc) is 3.01. The summed E-state index contributed by atoms with van der Waals surface area (Å²) in [6, 6.07) is 10.3. The molecule has 1 fully saturated rings. The van der Waals surface area contributed by atoms with Crippen molar-refractivity contribution in [2.45, 2.75) is 25.0 Å². The minimum atomic E-state index is 0.199. The highest BCUT2D eigenvalue weighted by molar-refractivity contribution is 9.10. The van der Waals surface area contributed by atoms with Crippen molar-refractivity contribution in [1.82, 2.24) is 5.32 Å². The summed E-state index contributed by atoms with van der Waals surface area (Å²) in [6.45, 7) is 2.58. The van der Waals surface area contributed by atoms with Crippen LogP contribution in [0.2, 0.25) is 0 Å². The Labute approximate surface area is 127 Å². The Morgan fingerprint density at radius 1 is 1.25 bits per heavy atom. The molecule has 1 saturated heterocycles. The molecule has 2 atom stereocenters. The predicted molar refractivity (Wildman–Crippen MR) is 81.7 cm³/mol. The second kappa shape index (κ2) is 6.57. The van der Waals surface area contributed by atoms with E-state index in [-0.39, 0.29) is 6.10 Å². The molecule has 0 radical (unpaired) electrons. The molecule has 0 spiro atoms. The third-order valence-electron chi connectivity index (χ3n) is 3.78. The number of piperidine rings is 1. The number of rotatable bonds is 4. The fourth-order valence-corrected chi connectivity index (χ4v) is 2.92. The van der Waals surface area contributed by atoms with Crippen LogP contribution in [0.25, 0.3) is 0 Å². The highest BCUT2D eigenvalue weighted by Gasteiger charge is 2.27. The summed E-state index contributed by atoms with van der Waals surface area (Å²) in [5.41, 5.74) is 2.44. The second-order valence-corrected chi connectivity index (χ2v) is 6.05. The normalized spacial score (nSPS) is 22.9. The molecule has 20 heavy (non-hydrogen) atoms. The zero-order chi connectivity index (χ0) is 13.8. The Hall–Kier alpha value is -1.10. The van der Waals surface area contributed by atoms with Crippen molar-refractivity contribution in [3.63, 3.8) is 0 Å². The molecule has 0 bridgehead atoms. The van der Waals surface area contributed by atoms with Crippen molar-refractivity contribution in [1.29, 1.82) is 0 Å². The van der Waals surface area contributed by atoms with E-state index in [4.69, 9.17) is 9.15 Å². The summed E-state index contributed by atoms with van der Waals surface area (Å²) in [6.07, 6.45) is 4.87. The monoisotopic (exact) mass is 335 g/mol. The van der Waals surface area contributed by atoms with Crippen molar-refractivity contribution in [3.8, 4) is 0 Å². The third kappa shape index (κ3) is 3.32. The van der Waals surface area contributed by atoms with Crippen LogP contribution in [0.4, 0.5) is 0 Å². The maximum atomic E-state index is 6.13. The molecule has 2 unspecified atom stereocenters. The van der Waals surface area contributed by atoms with E-state index in [1.54, 1.807) is 6.26 Å². The maximum absolute atomic E-state index is 6.13. The van der Waals surface area contributed by atoms with Gasteiger partial charge >= 0.3 is 0 Å². The van der Waals surface area contributed by atoms with Gasteiger partial charge in [-0.1, -0.05) is 28.1 Å². The lowest BCUT2D eigenvalue weighted by Gasteiger charge is -2.31. The molecule has 0 saturated carbocycles. The Morgan fingerprint density at radius 3 is 2.85 bits per heavy atom. The minimum Gasteiger partial charge on any atom is -0.472 e. The lowest BCUT2D eigenvalue weighted by atomic mass is 9.89. The number of furan rings is 1. The first-order valence-electron chi connectivity index (χ1n) is 6.92. The summed E-state index contributed by atoms with van der Waals surface area (Å²) in [7, 11) is 0. The highest BCUT2D eigenvalue weighted by atomic mass is 79.9. The van der Waals surface area contributed by atoms with Crippen LogP contribution in [-0.4, -0.2) is 19.2 Å². The zero-order valence-corrected chi connectivity index (χ0v) is 12.8. The zero-order valence-electron chi connectivity index (χ0n) is 11.2. The topological polar surface area (TPSA) is 34.4 Å².